The Morgan fingerprint density at radius 2 is 1.78 bits per heavy atom. The number of allylic oxidation sites excluding steroid dienone is 1. The molecule has 0 bridgehead atoms. The van der Waals surface area contributed by atoms with Gasteiger partial charge in [0.05, 0.1) is 7.11 Å². The highest BCUT2D eigenvalue weighted by Crippen LogP contribution is 2.13. The third kappa shape index (κ3) is 5.38. The van der Waals surface area contributed by atoms with Crippen LogP contribution < -0.4 is 10.1 Å². The van der Waals surface area contributed by atoms with Gasteiger partial charge in [-0.3, -0.25) is 4.79 Å². The van der Waals surface area contributed by atoms with Crippen LogP contribution in [-0.4, -0.2) is 19.4 Å². The van der Waals surface area contributed by atoms with Crippen molar-refractivity contribution >= 4 is 11.9 Å². The highest BCUT2D eigenvalue weighted by atomic mass is 16.5. The number of nitrogens with one attached hydrogen (secondary N) is 1. The van der Waals surface area contributed by atoms with E-state index in [9.17, 15) is 4.79 Å². The van der Waals surface area contributed by atoms with Gasteiger partial charge in [-0.05, 0) is 42.3 Å². The van der Waals surface area contributed by atoms with E-state index in [1.54, 1.807) is 13.2 Å². The van der Waals surface area contributed by atoms with Gasteiger partial charge >= 0.3 is 0 Å². The van der Waals surface area contributed by atoms with Crippen LogP contribution in [0.5, 0.6) is 5.75 Å². The zero-order valence-electron chi connectivity index (χ0n) is 13.7. The fourth-order valence-corrected chi connectivity index (χ4v) is 2.18. The molecule has 0 aromatic heterocycles. The summed E-state index contributed by atoms with van der Waals surface area (Å²) in [5.74, 6) is 0.814. The zero-order valence-corrected chi connectivity index (χ0v) is 13.7. The molecule has 120 valence electrons. The van der Waals surface area contributed by atoms with Gasteiger partial charge in [-0.1, -0.05) is 49.4 Å². The Bertz CT molecular complexity index is 642. The lowest BCUT2D eigenvalue weighted by atomic mass is 10.1. The van der Waals surface area contributed by atoms with Crippen molar-refractivity contribution in [3.8, 4) is 5.75 Å². The van der Waals surface area contributed by atoms with Gasteiger partial charge in [-0.25, -0.2) is 0 Å². The summed E-state index contributed by atoms with van der Waals surface area (Å²) in [6, 6.07) is 15.3. The first-order valence-corrected chi connectivity index (χ1v) is 7.89. The largest absolute Gasteiger partial charge is 0.497 e. The van der Waals surface area contributed by atoms with Crippen molar-refractivity contribution in [1.82, 2.24) is 5.32 Å². The summed E-state index contributed by atoms with van der Waals surface area (Å²) >= 11 is 0. The Hall–Kier alpha value is -2.39. The van der Waals surface area contributed by atoms with Crippen LogP contribution in [-0.2, 0) is 6.54 Å². The Morgan fingerprint density at radius 1 is 1.09 bits per heavy atom. The number of ketones is 1. The summed E-state index contributed by atoms with van der Waals surface area (Å²) in [4.78, 5) is 12.2. The van der Waals surface area contributed by atoms with E-state index in [2.05, 4.69) is 12.2 Å². The SMILES string of the molecule is CCCNCc1ccc(C(=O)/C=C/c2ccc(OC)cc2)cc1. The molecule has 0 spiro atoms. The van der Waals surface area contributed by atoms with Gasteiger partial charge in [0.2, 0.25) is 0 Å². The number of methoxy groups -OCH3 is 1. The van der Waals surface area contributed by atoms with Crippen molar-refractivity contribution in [2.24, 2.45) is 0 Å². The molecule has 0 saturated heterocycles. The summed E-state index contributed by atoms with van der Waals surface area (Å²) < 4.78 is 5.11. The topological polar surface area (TPSA) is 38.3 Å². The van der Waals surface area contributed by atoms with Crippen molar-refractivity contribution < 1.29 is 9.53 Å². The lowest BCUT2D eigenvalue weighted by Gasteiger charge is -2.04. The zero-order chi connectivity index (χ0) is 16.5. The van der Waals surface area contributed by atoms with Gasteiger partial charge in [0.1, 0.15) is 5.75 Å². The highest BCUT2D eigenvalue weighted by Gasteiger charge is 2.02. The lowest BCUT2D eigenvalue weighted by molar-refractivity contribution is 0.104. The maximum absolute atomic E-state index is 12.2. The molecule has 0 saturated carbocycles. The maximum atomic E-state index is 12.2. The molecule has 3 heteroatoms. The molecule has 0 aliphatic heterocycles. The third-order valence-corrected chi connectivity index (χ3v) is 3.54. The van der Waals surface area contributed by atoms with Crippen LogP contribution in [0.25, 0.3) is 6.08 Å². The van der Waals surface area contributed by atoms with Crippen molar-refractivity contribution in [3.63, 3.8) is 0 Å². The van der Waals surface area contributed by atoms with Crippen LogP contribution in [0.1, 0.15) is 34.8 Å². The summed E-state index contributed by atoms with van der Waals surface area (Å²) in [6.07, 6.45) is 4.54. The second kappa shape index (κ2) is 8.91. The first kappa shape index (κ1) is 17.0. The first-order chi connectivity index (χ1) is 11.2. The molecule has 0 aliphatic rings. The molecule has 0 unspecified atom stereocenters. The minimum Gasteiger partial charge on any atom is -0.497 e. The van der Waals surface area contributed by atoms with E-state index in [0.29, 0.717) is 5.56 Å². The Labute approximate surface area is 138 Å². The Balaban J connectivity index is 1.95. The van der Waals surface area contributed by atoms with Gasteiger partial charge in [-0.2, -0.15) is 0 Å². The molecular formula is C20H23NO2. The van der Waals surface area contributed by atoms with Crippen molar-refractivity contribution in [3.05, 3.63) is 71.3 Å². The van der Waals surface area contributed by atoms with Gasteiger partial charge < -0.3 is 10.1 Å². The molecule has 0 amide bonds. The summed E-state index contributed by atoms with van der Waals surface area (Å²) in [6.45, 7) is 3.99. The van der Waals surface area contributed by atoms with Gasteiger partial charge in [-0.15, -0.1) is 0 Å². The predicted molar refractivity (Wildman–Crippen MR) is 94.8 cm³/mol. The van der Waals surface area contributed by atoms with E-state index in [1.807, 2.05) is 54.6 Å². The average molecular weight is 309 g/mol. The van der Waals surface area contributed by atoms with Crippen molar-refractivity contribution in [2.45, 2.75) is 19.9 Å². The van der Waals surface area contributed by atoms with Crippen LogP contribution in [0.15, 0.2) is 54.6 Å². The minimum absolute atomic E-state index is 0.00823. The average Bonchev–Trinajstić information content (AvgIpc) is 2.61. The Morgan fingerprint density at radius 3 is 2.39 bits per heavy atom. The number of carbonyl (C=O) groups excluding carboxylic acids is 1. The van der Waals surface area contributed by atoms with Crippen LogP contribution in [0.4, 0.5) is 0 Å². The van der Waals surface area contributed by atoms with Gasteiger partial charge in [0.15, 0.2) is 5.78 Å². The number of hydrogen-bond donors (Lipinski definition) is 1. The Kier molecular flexibility index (Phi) is 6.57. The molecule has 3 nitrogen and oxygen atoms in total. The molecule has 0 heterocycles. The van der Waals surface area contributed by atoms with Crippen molar-refractivity contribution in [2.75, 3.05) is 13.7 Å². The molecule has 0 radical (unpaired) electrons. The lowest BCUT2D eigenvalue weighted by Crippen LogP contribution is -2.13. The van der Waals surface area contributed by atoms with E-state index in [1.165, 1.54) is 5.56 Å². The number of ether oxygens (including phenoxy) is 1. The monoisotopic (exact) mass is 309 g/mol. The highest BCUT2D eigenvalue weighted by molar-refractivity contribution is 6.06. The fourth-order valence-electron chi connectivity index (χ4n) is 2.18. The summed E-state index contributed by atoms with van der Waals surface area (Å²) in [7, 11) is 1.63. The molecule has 2 aromatic rings. The van der Waals surface area contributed by atoms with E-state index in [-0.39, 0.29) is 5.78 Å². The second-order valence-electron chi connectivity index (χ2n) is 5.34. The molecular weight excluding hydrogens is 286 g/mol. The van der Waals surface area contributed by atoms with E-state index in [0.717, 1.165) is 30.8 Å². The normalized spacial score (nSPS) is 10.9. The molecule has 0 atom stereocenters. The summed E-state index contributed by atoms with van der Waals surface area (Å²) in [5, 5.41) is 3.35. The molecule has 2 aromatic carbocycles. The number of rotatable bonds is 8. The first-order valence-electron chi connectivity index (χ1n) is 7.89. The fraction of sp³-hybridized carbons (Fsp3) is 0.250. The number of carbonyl (C=O) groups is 1. The minimum atomic E-state index is 0.00823. The van der Waals surface area contributed by atoms with Gasteiger partial charge in [0.25, 0.3) is 0 Å². The third-order valence-electron chi connectivity index (χ3n) is 3.54. The quantitative estimate of drug-likeness (QED) is 0.453. The number of hydrogen-bond acceptors (Lipinski definition) is 3. The van der Waals surface area contributed by atoms with Crippen LogP contribution >= 0.6 is 0 Å². The van der Waals surface area contributed by atoms with Crippen LogP contribution in [0.2, 0.25) is 0 Å². The predicted octanol–water partition coefficient (Wildman–Crippen LogP) is 4.09. The molecule has 0 aliphatic carbocycles. The van der Waals surface area contributed by atoms with E-state index >= 15 is 0 Å². The number of benzene rings is 2. The van der Waals surface area contributed by atoms with Crippen LogP contribution in [0.3, 0.4) is 0 Å². The van der Waals surface area contributed by atoms with Gasteiger partial charge in [0, 0.05) is 12.1 Å². The maximum Gasteiger partial charge on any atom is 0.185 e. The smallest absolute Gasteiger partial charge is 0.185 e. The molecule has 23 heavy (non-hydrogen) atoms. The molecule has 0 fully saturated rings. The van der Waals surface area contributed by atoms with Crippen LogP contribution in [0, 0.1) is 0 Å². The molecule has 1 N–H and O–H groups in total. The van der Waals surface area contributed by atoms with E-state index < -0.39 is 0 Å². The van der Waals surface area contributed by atoms with E-state index in [4.69, 9.17) is 4.74 Å². The standard InChI is InChI=1S/C20H23NO2/c1-3-14-21-15-17-4-9-18(10-5-17)20(22)13-8-16-6-11-19(23-2)12-7-16/h4-13,21H,3,14-15H2,1-2H3/b13-8+. The summed E-state index contributed by atoms with van der Waals surface area (Å²) in [5.41, 5.74) is 2.86. The molecule has 2 rings (SSSR count). The van der Waals surface area contributed by atoms with Crippen molar-refractivity contribution in [1.29, 1.82) is 0 Å². The second-order valence-corrected chi connectivity index (χ2v) is 5.34.